The number of rotatable bonds is 3. The fraction of sp³-hybridized carbons (Fsp3) is 0.188. The van der Waals surface area contributed by atoms with Crippen molar-refractivity contribution < 1.29 is 4.79 Å². The Labute approximate surface area is 127 Å². The van der Waals surface area contributed by atoms with Gasteiger partial charge >= 0.3 is 0 Å². The van der Waals surface area contributed by atoms with Crippen molar-refractivity contribution in [1.29, 1.82) is 5.26 Å². The van der Waals surface area contributed by atoms with Crippen LogP contribution in [0.15, 0.2) is 48.8 Å². The Morgan fingerprint density at radius 3 is 2.62 bits per heavy atom. The standard InChI is InChI=1S/C16H13N3OS/c17-9-12-1-3-14(4-2-12)16-19(15(20)11-21-16)10-13-5-7-18-8-6-13/h1-8,16H,10-11H2. The van der Waals surface area contributed by atoms with Gasteiger partial charge in [0.15, 0.2) is 0 Å². The number of aromatic nitrogens is 1. The van der Waals surface area contributed by atoms with E-state index in [9.17, 15) is 4.79 Å². The van der Waals surface area contributed by atoms with E-state index >= 15 is 0 Å². The zero-order valence-electron chi connectivity index (χ0n) is 11.3. The quantitative estimate of drug-likeness (QED) is 0.873. The number of thioether (sulfide) groups is 1. The molecule has 1 fully saturated rings. The highest BCUT2D eigenvalue weighted by Gasteiger charge is 2.32. The van der Waals surface area contributed by atoms with Crippen LogP contribution in [0.25, 0.3) is 0 Å². The van der Waals surface area contributed by atoms with E-state index in [0.717, 1.165) is 11.1 Å². The molecule has 3 rings (SSSR count). The van der Waals surface area contributed by atoms with Gasteiger partial charge in [0, 0.05) is 18.9 Å². The summed E-state index contributed by atoms with van der Waals surface area (Å²) in [7, 11) is 0. The molecule has 1 unspecified atom stereocenters. The summed E-state index contributed by atoms with van der Waals surface area (Å²) in [5.74, 6) is 0.640. The van der Waals surface area contributed by atoms with Crippen LogP contribution in [0.5, 0.6) is 0 Å². The highest BCUT2D eigenvalue weighted by atomic mass is 32.2. The van der Waals surface area contributed by atoms with Crippen molar-refractivity contribution in [1.82, 2.24) is 9.88 Å². The number of hydrogen-bond donors (Lipinski definition) is 0. The maximum absolute atomic E-state index is 12.1. The van der Waals surface area contributed by atoms with E-state index in [0.29, 0.717) is 17.9 Å². The highest BCUT2D eigenvalue weighted by Crippen LogP contribution is 2.39. The molecule has 1 aliphatic heterocycles. The van der Waals surface area contributed by atoms with E-state index in [2.05, 4.69) is 11.1 Å². The van der Waals surface area contributed by atoms with Gasteiger partial charge in [-0.05, 0) is 35.4 Å². The lowest BCUT2D eigenvalue weighted by molar-refractivity contribution is -0.128. The lowest BCUT2D eigenvalue weighted by Gasteiger charge is -2.24. The maximum atomic E-state index is 12.1. The van der Waals surface area contributed by atoms with Gasteiger partial charge in [-0.2, -0.15) is 5.26 Å². The second-order valence-electron chi connectivity index (χ2n) is 4.77. The average molecular weight is 295 g/mol. The van der Waals surface area contributed by atoms with Crippen molar-refractivity contribution in [3.8, 4) is 6.07 Å². The first-order valence-corrected chi connectivity index (χ1v) is 7.63. The third kappa shape index (κ3) is 2.91. The van der Waals surface area contributed by atoms with Crippen molar-refractivity contribution >= 4 is 17.7 Å². The molecule has 1 aliphatic rings. The van der Waals surface area contributed by atoms with Gasteiger partial charge in [0.2, 0.25) is 5.91 Å². The van der Waals surface area contributed by atoms with E-state index in [1.165, 1.54) is 0 Å². The molecule has 0 spiro atoms. The van der Waals surface area contributed by atoms with Gasteiger partial charge in [-0.25, -0.2) is 0 Å². The van der Waals surface area contributed by atoms with Gasteiger partial charge in [-0.3, -0.25) is 9.78 Å². The lowest BCUT2D eigenvalue weighted by atomic mass is 10.1. The second-order valence-corrected chi connectivity index (χ2v) is 5.84. The molecule has 1 atom stereocenters. The molecule has 1 aromatic heterocycles. The van der Waals surface area contributed by atoms with Gasteiger partial charge in [-0.1, -0.05) is 12.1 Å². The van der Waals surface area contributed by atoms with E-state index in [1.54, 1.807) is 36.3 Å². The van der Waals surface area contributed by atoms with E-state index in [1.807, 2.05) is 29.2 Å². The number of amides is 1. The number of carbonyl (C=O) groups excluding carboxylic acids is 1. The molecular weight excluding hydrogens is 282 g/mol. The molecule has 104 valence electrons. The minimum Gasteiger partial charge on any atom is -0.322 e. The molecule has 21 heavy (non-hydrogen) atoms. The zero-order chi connectivity index (χ0) is 14.7. The average Bonchev–Trinajstić information content (AvgIpc) is 2.90. The van der Waals surface area contributed by atoms with Crippen LogP contribution in [0, 0.1) is 11.3 Å². The van der Waals surface area contributed by atoms with Crippen molar-refractivity contribution in [3.05, 3.63) is 65.5 Å². The molecule has 2 heterocycles. The van der Waals surface area contributed by atoms with Gasteiger partial charge in [0.25, 0.3) is 0 Å². The predicted octanol–water partition coefficient (Wildman–Crippen LogP) is 2.73. The maximum Gasteiger partial charge on any atom is 0.234 e. The van der Waals surface area contributed by atoms with Crippen LogP contribution in [0.2, 0.25) is 0 Å². The summed E-state index contributed by atoms with van der Waals surface area (Å²) in [6, 6.07) is 13.4. The van der Waals surface area contributed by atoms with Gasteiger partial charge < -0.3 is 4.90 Å². The number of hydrogen-bond acceptors (Lipinski definition) is 4. The molecule has 1 aromatic carbocycles. The fourth-order valence-electron chi connectivity index (χ4n) is 2.31. The Hall–Kier alpha value is -2.32. The summed E-state index contributed by atoms with van der Waals surface area (Å²) in [6.07, 6.45) is 3.47. The second kappa shape index (κ2) is 5.98. The number of carbonyl (C=O) groups is 1. The molecule has 5 heteroatoms. The SMILES string of the molecule is N#Cc1ccc(C2SCC(=O)N2Cc2ccncc2)cc1. The van der Waals surface area contributed by atoms with Crippen molar-refractivity contribution in [2.75, 3.05) is 5.75 Å². The van der Waals surface area contributed by atoms with Crippen molar-refractivity contribution in [2.24, 2.45) is 0 Å². The van der Waals surface area contributed by atoms with Crippen LogP contribution in [-0.4, -0.2) is 21.5 Å². The van der Waals surface area contributed by atoms with Gasteiger partial charge in [-0.15, -0.1) is 11.8 Å². The Morgan fingerprint density at radius 1 is 1.24 bits per heavy atom. The highest BCUT2D eigenvalue weighted by molar-refractivity contribution is 8.00. The first kappa shape index (κ1) is 13.7. The fourth-order valence-corrected chi connectivity index (χ4v) is 3.50. The number of nitriles is 1. The summed E-state index contributed by atoms with van der Waals surface area (Å²) < 4.78 is 0. The van der Waals surface area contributed by atoms with Crippen molar-refractivity contribution in [3.63, 3.8) is 0 Å². The third-order valence-electron chi connectivity index (χ3n) is 3.40. The summed E-state index contributed by atoms with van der Waals surface area (Å²) in [5, 5.41) is 8.87. The van der Waals surface area contributed by atoms with Crippen LogP contribution in [0.4, 0.5) is 0 Å². The largest absolute Gasteiger partial charge is 0.322 e. The summed E-state index contributed by atoms with van der Waals surface area (Å²) in [5.41, 5.74) is 2.76. The van der Waals surface area contributed by atoms with E-state index in [4.69, 9.17) is 5.26 Å². The summed E-state index contributed by atoms with van der Waals surface area (Å²) in [4.78, 5) is 18.0. The number of nitrogens with zero attached hydrogens (tertiary/aromatic N) is 3. The Kier molecular flexibility index (Phi) is 3.89. The minimum atomic E-state index is 0.0124. The van der Waals surface area contributed by atoms with Crippen molar-refractivity contribution in [2.45, 2.75) is 11.9 Å². The Balaban J connectivity index is 1.83. The Morgan fingerprint density at radius 2 is 1.95 bits per heavy atom. The number of benzene rings is 1. The number of pyridine rings is 1. The van der Waals surface area contributed by atoms with Gasteiger partial charge in [0.05, 0.1) is 17.4 Å². The molecule has 0 N–H and O–H groups in total. The topological polar surface area (TPSA) is 57.0 Å². The smallest absolute Gasteiger partial charge is 0.234 e. The lowest BCUT2D eigenvalue weighted by Crippen LogP contribution is -2.27. The molecular formula is C16H13N3OS. The molecule has 4 nitrogen and oxygen atoms in total. The predicted molar refractivity (Wildman–Crippen MR) is 81.1 cm³/mol. The van der Waals surface area contributed by atoms with Gasteiger partial charge in [0.1, 0.15) is 5.37 Å². The minimum absolute atomic E-state index is 0.0124. The third-order valence-corrected chi connectivity index (χ3v) is 4.65. The molecule has 0 bridgehead atoms. The molecule has 1 saturated heterocycles. The first-order valence-electron chi connectivity index (χ1n) is 6.58. The summed E-state index contributed by atoms with van der Waals surface area (Å²) in [6.45, 7) is 0.582. The van der Waals surface area contributed by atoms with Crippen LogP contribution in [0.1, 0.15) is 22.1 Å². The molecule has 1 amide bonds. The molecule has 2 aromatic rings. The summed E-state index contributed by atoms with van der Waals surface area (Å²) >= 11 is 1.62. The van der Waals surface area contributed by atoms with E-state index in [-0.39, 0.29) is 11.3 Å². The normalized spacial score (nSPS) is 17.8. The van der Waals surface area contributed by atoms with E-state index < -0.39 is 0 Å². The molecule has 0 radical (unpaired) electrons. The van der Waals surface area contributed by atoms with Crippen LogP contribution in [-0.2, 0) is 11.3 Å². The van der Waals surface area contributed by atoms with Crippen LogP contribution >= 0.6 is 11.8 Å². The van der Waals surface area contributed by atoms with Crippen LogP contribution in [0.3, 0.4) is 0 Å². The van der Waals surface area contributed by atoms with Crippen LogP contribution < -0.4 is 0 Å². The molecule has 0 aliphatic carbocycles. The zero-order valence-corrected chi connectivity index (χ0v) is 12.1. The Bertz CT molecular complexity index is 679. The first-order chi connectivity index (χ1) is 10.3. The monoisotopic (exact) mass is 295 g/mol. The molecule has 0 saturated carbocycles.